The lowest BCUT2D eigenvalue weighted by atomic mass is 10.2. The Labute approximate surface area is 107 Å². The predicted molar refractivity (Wildman–Crippen MR) is 63.8 cm³/mol. The van der Waals surface area contributed by atoms with Crippen LogP contribution < -0.4 is 4.74 Å². The quantitative estimate of drug-likeness (QED) is 0.470. The highest BCUT2D eigenvalue weighted by molar-refractivity contribution is 6.36. The van der Waals surface area contributed by atoms with Crippen molar-refractivity contribution in [1.29, 1.82) is 0 Å². The van der Waals surface area contributed by atoms with E-state index in [1.807, 2.05) is 0 Å². The molecule has 17 heavy (non-hydrogen) atoms. The number of carbonyl (C=O) groups excluding carboxylic acids is 1. The molecule has 0 bridgehead atoms. The zero-order valence-corrected chi connectivity index (χ0v) is 9.94. The Kier molecular flexibility index (Phi) is 4.93. The van der Waals surface area contributed by atoms with Crippen LogP contribution in [0.15, 0.2) is 28.8 Å². The minimum absolute atomic E-state index is 0.0102. The molecule has 0 heterocycles. The first-order chi connectivity index (χ1) is 8.08. The molecule has 1 aromatic carbocycles. The summed E-state index contributed by atoms with van der Waals surface area (Å²) in [5, 5.41) is 10.7. The number of halogens is 2. The van der Waals surface area contributed by atoms with Crippen LogP contribution in [0.5, 0.6) is 5.75 Å². The lowest BCUT2D eigenvalue weighted by Gasteiger charge is -2.06. The summed E-state index contributed by atoms with van der Waals surface area (Å²) in [6, 6.07) is 3.70. The van der Waals surface area contributed by atoms with Gasteiger partial charge in [-0.2, -0.15) is 0 Å². The van der Waals surface area contributed by atoms with E-state index in [0.717, 1.165) is 11.6 Å². The molecule has 1 rings (SSSR count). The van der Waals surface area contributed by atoms with Gasteiger partial charge in [0.2, 0.25) is 0 Å². The van der Waals surface area contributed by atoms with E-state index in [1.54, 1.807) is 0 Å². The largest absolute Gasteiger partial charge is 0.487 e. The molecule has 90 valence electrons. The van der Waals surface area contributed by atoms with Crippen LogP contribution in [0.25, 0.3) is 0 Å². The number of aldehydes is 1. The third-order valence-electron chi connectivity index (χ3n) is 1.82. The highest BCUT2D eigenvalue weighted by Crippen LogP contribution is 2.23. The molecule has 0 N–H and O–H groups in total. The van der Waals surface area contributed by atoms with Gasteiger partial charge >= 0.3 is 0 Å². The molecule has 0 atom stereocenters. The zero-order valence-electron chi connectivity index (χ0n) is 8.43. The number of ether oxygens (including phenoxy) is 1. The number of nitro benzene ring substituents is 1. The normalized spacial score (nSPS) is 11.1. The molecule has 0 fully saturated rings. The van der Waals surface area contributed by atoms with E-state index in [4.69, 9.17) is 27.9 Å². The summed E-state index contributed by atoms with van der Waals surface area (Å²) >= 11 is 10.9. The van der Waals surface area contributed by atoms with Gasteiger partial charge in [0.05, 0.1) is 15.5 Å². The highest BCUT2D eigenvalue weighted by atomic mass is 35.5. The van der Waals surface area contributed by atoms with Crippen molar-refractivity contribution in [2.45, 2.75) is 0 Å². The zero-order chi connectivity index (χ0) is 12.8. The molecule has 5 nitrogen and oxygen atoms in total. The molecule has 0 radical (unpaired) electrons. The van der Waals surface area contributed by atoms with Crippen molar-refractivity contribution < 1.29 is 14.5 Å². The van der Waals surface area contributed by atoms with Crippen molar-refractivity contribution in [1.82, 2.24) is 0 Å². The lowest BCUT2D eigenvalue weighted by molar-refractivity contribution is -0.384. The van der Waals surface area contributed by atoms with Crippen LogP contribution in [0.2, 0.25) is 0 Å². The van der Waals surface area contributed by atoms with Crippen LogP contribution in [0.3, 0.4) is 0 Å². The topological polar surface area (TPSA) is 69.4 Å². The first-order valence-electron chi connectivity index (χ1n) is 4.39. The number of carbonyl (C=O) groups is 1. The molecule has 0 spiro atoms. The van der Waals surface area contributed by atoms with Crippen LogP contribution in [-0.4, -0.2) is 17.8 Å². The first kappa shape index (κ1) is 13.5. The highest BCUT2D eigenvalue weighted by Gasteiger charge is 2.11. The average Bonchev–Trinajstić information content (AvgIpc) is 2.35. The van der Waals surface area contributed by atoms with E-state index in [-0.39, 0.29) is 28.6 Å². The molecule has 0 aliphatic heterocycles. The Morgan fingerprint density at radius 2 is 2.24 bits per heavy atom. The van der Waals surface area contributed by atoms with E-state index < -0.39 is 4.92 Å². The number of non-ortho nitro benzene ring substituents is 1. The van der Waals surface area contributed by atoms with E-state index in [9.17, 15) is 14.9 Å². The standard InChI is InChI=1S/C10H7Cl2NO4/c11-4-8(12)6-17-10-2-1-9(13(15)16)3-7(10)5-14/h1-5H,6H2. The third-order valence-corrected chi connectivity index (χ3v) is 2.41. The Morgan fingerprint density at radius 1 is 1.53 bits per heavy atom. The maximum absolute atomic E-state index is 10.7. The third kappa shape index (κ3) is 3.72. The van der Waals surface area contributed by atoms with Gasteiger partial charge in [0, 0.05) is 17.7 Å². The summed E-state index contributed by atoms with van der Waals surface area (Å²) in [7, 11) is 0. The fraction of sp³-hybridized carbons (Fsp3) is 0.100. The van der Waals surface area contributed by atoms with Gasteiger partial charge in [0.1, 0.15) is 12.4 Å². The second kappa shape index (κ2) is 6.22. The number of benzene rings is 1. The van der Waals surface area contributed by atoms with Gasteiger partial charge in [-0.25, -0.2) is 0 Å². The molecular formula is C10H7Cl2NO4. The Hall–Kier alpha value is -1.59. The van der Waals surface area contributed by atoms with E-state index in [0.29, 0.717) is 6.29 Å². The molecule has 7 heteroatoms. The molecule has 0 unspecified atom stereocenters. The number of nitrogens with zero attached hydrogens (tertiary/aromatic N) is 1. The van der Waals surface area contributed by atoms with Crippen molar-refractivity contribution in [3.63, 3.8) is 0 Å². The van der Waals surface area contributed by atoms with Gasteiger partial charge < -0.3 is 4.74 Å². The molecule has 0 aliphatic carbocycles. The van der Waals surface area contributed by atoms with Gasteiger partial charge in [0.15, 0.2) is 6.29 Å². The van der Waals surface area contributed by atoms with Gasteiger partial charge in [-0.05, 0) is 6.07 Å². The van der Waals surface area contributed by atoms with E-state index in [1.165, 1.54) is 12.1 Å². The Morgan fingerprint density at radius 3 is 2.76 bits per heavy atom. The summed E-state index contributed by atoms with van der Waals surface area (Å²) in [6.07, 6.45) is 0.473. The van der Waals surface area contributed by atoms with Gasteiger partial charge in [-0.1, -0.05) is 23.2 Å². The second-order valence-electron chi connectivity index (χ2n) is 2.94. The van der Waals surface area contributed by atoms with E-state index in [2.05, 4.69) is 0 Å². The van der Waals surface area contributed by atoms with E-state index >= 15 is 0 Å². The summed E-state index contributed by atoms with van der Waals surface area (Å²) in [4.78, 5) is 20.6. The number of hydrogen-bond donors (Lipinski definition) is 0. The second-order valence-corrected chi connectivity index (χ2v) is 3.65. The maximum Gasteiger partial charge on any atom is 0.270 e. The smallest absolute Gasteiger partial charge is 0.270 e. The van der Waals surface area contributed by atoms with Crippen molar-refractivity contribution in [3.05, 3.63) is 44.4 Å². The van der Waals surface area contributed by atoms with Gasteiger partial charge in [0.25, 0.3) is 5.69 Å². The van der Waals surface area contributed by atoms with Crippen molar-refractivity contribution in [3.8, 4) is 5.75 Å². The molecule has 1 aromatic rings. The summed E-state index contributed by atoms with van der Waals surface area (Å²) in [5.74, 6) is 0.210. The fourth-order valence-electron chi connectivity index (χ4n) is 1.05. The van der Waals surface area contributed by atoms with Gasteiger partial charge in [-0.15, -0.1) is 0 Å². The summed E-state index contributed by atoms with van der Waals surface area (Å²) in [5.41, 5.74) is 1.03. The van der Waals surface area contributed by atoms with Crippen LogP contribution >= 0.6 is 23.2 Å². The van der Waals surface area contributed by atoms with Crippen LogP contribution in [-0.2, 0) is 0 Å². The molecular weight excluding hydrogens is 269 g/mol. The number of nitro groups is 1. The maximum atomic E-state index is 10.7. The van der Waals surface area contributed by atoms with Crippen LogP contribution in [0.1, 0.15) is 10.4 Å². The summed E-state index contributed by atoms with van der Waals surface area (Å²) in [6.45, 7) is -0.0102. The van der Waals surface area contributed by atoms with Crippen molar-refractivity contribution >= 4 is 35.2 Å². The minimum atomic E-state index is -0.595. The lowest BCUT2D eigenvalue weighted by Crippen LogP contribution is -2.00. The van der Waals surface area contributed by atoms with Crippen LogP contribution in [0.4, 0.5) is 5.69 Å². The predicted octanol–water partition coefficient (Wildman–Crippen LogP) is 3.11. The van der Waals surface area contributed by atoms with Crippen molar-refractivity contribution in [2.24, 2.45) is 0 Å². The van der Waals surface area contributed by atoms with Crippen LogP contribution in [0, 0.1) is 10.1 Å². The molecule has 0 amide bonds. The van der Waals surface area contributed by atoms with Gasteiger partial charge in [-0.3, -0.25) is 14.9 Å². The molecule has 0 aliphatic rings. The Balaban J connectivity index is 2.93. The molecule has 0 aromatic heterocycles. The first-order valence-corrected chi connectivity index (χ1v) is 5.21. The summed E-state index contributed by atoms with van der Waals surface area (Å²) < 4.78 is 5.18. The molecule has 0 saturated heterocycles. The monoisotopic (exact) mass is 275 g/mol. The molecule has 0 saturated carbocycles. The number of rotatable bonds is 5. The van der Waals surface area contributed by atoms with Crippen molar-refractivity contribution in [2.75, 3.05) is 6.61 Å². The average molecular weight is 276 g/mol. The Bertz CT molecular complexity index is 473. The number of hydrogen-bond acceptors (Lipinski definition) is 4. The fourth-order valence-corrected chi connectivity index (χ4v) is 1.17. The SMILES string of the molecule is O=Cc1cc([N+](=O)[O-])ccc1OCC(Cl)=CCl. The minimum Gasteiger partial charge on any atom is -0.487 e.